The summed E-state index contributed by atoms with van der Waals surface area (Å²) >= 11 is 0. The summed E-state index contributed by atoms with van der Waals surface area (Å²) in [5, 5.41) is 2.95. The van der Waals surface area contributed by atoms with Crippen LogP contribution in [0.5, 0.6) is 0 Å². The van der Waals surface area contributed by atoms with Crippen molar-refractivity contribution in [1.29, 1.82) is 0 Å². The molecule has 1 aromatic carbocycles. The van der Waals surface area contributed by atoms with E-state index in [1.54, 1.807) is 4.90 Å². The molecule has 0 bridgehead atoms. The number of carbonyl (C=O) groups is 4. The molecule has 2 aliphatic rings. The number of Topliss-reactive ketones (excluding diaryl/α,β-unsaturated/α-hetero) is 1. The summed E-state index contributed by atoms with van der Waals surface area (Å²) in [5.41, 5.74) is 1.07. The van der Waals surface area contributed by atoms with E-state index in [1.165, 1.54) is 6.92 Å². The minimum Gasteiger partial charge on any atom is -0.353 e. The first-order valence-corrected chi connectivity index (χ1v) is 10.3. The normalized spacial score (nSPS) is 20.0. The third-order valence-electron chi connectivity index (χ3n) is 5.66. The lowest BCUT2D eigenvalue weighted by molar-refractivity contribution is -0.137. The van der Waals surface area contributed by atoms with Crippen LogP contribution in [0, 0.1) is 5.92 Å². The second kappa shape index (κ2) is 9.67. The van der Waals surface area contributed by atoms with Gasteiger partial charge in [0.1, 0.15) is 5.78 Å². The molecule has 2 heterocycles. The highest BCUT2D eigenvalue weighted by Gasteiger charge is 2.37. The number of nitrogens with one attached hydrogen (secondary N) is 1. The Labute approximate surface area is 171 Å². The Bertz CT molecular complexity index is 757. The van der Waals surface area contributed by atoms with Crippen LogP contribution in [0.2, 0.25) is 0 Å². The van der Waals surface area contributed by atoms with Gasteiger partial charge in [-0.3, -0.25) is 14.4 Å². The van der Waals surface area contributed by atoms with E-state index in [-0.39, 0.29) is 54.7 Å². The number of piperidine rings is 1. The van der Waals surface area contributed by atoms with Crippen LogP contribution in [0.3, 0.4) is 0 Å². The molecule has 2 aliphatic heterocycles. The molecule has 1 aromatic rings. The van der Waals surface area contributed by atoms with E-state index in [1.807, 2.05) is 35.2 Å². The lowest BCUT2D eigenvalue weighted by atomic mass is 10.0. The maximum atomic E-state index is 12.9. The quantitative estimate of drug-likeness (QED) is 0.753. The second-order valence-corrected chi connectivity index (χ2v) is 8.03. The van der Waals surface area contributed by atoms with Gasteiger partial charge in [-0.1, -0.05) is 30.3 Å². The Morgan fingerprint density at radius 1 is 1.07 bits per heavy atom. The van der Waals surface area contributed by atoms with E-state index in [0.717, 1.165) is 5.56 Å². The maximum Gasteiger partial charge on any atom is 0.227 e. The molecular weight excluding hydrogens is 370 g/mol. The van der Waals surface area contributed by atoms with Crippen molar-refractivity contribution >= 4 is 23.5 Å². The minimum atomic E-state index is -0.284. The average Bonchev–Trinajstić information content (AvgIpc) is 3.07. The lowest BCUT2D eigenvalue weighted by Crippen LogP contribution is -2.48. The molecule has 0 spiro atoms. The van der Waals surface area contributed by atoms with Crippen LogP contribution in [-0.2, 0) is 25.7 Å². The minimum absolute atomic E-state index is 0.00739. The van der Waals surface area contributed by atoms with Gasteiger partial charge in [-0.15, -0.1) is 0 Å². The first-order chi connectivity index (χ1) is 13.9. The van der Waals surface area contributed by atoms with Crippen LogP contribution in [0.4, 0.5) is 0 Å². The van der Waals surface area contributed by atoms with Crippen LogP contribution in [-0.4, -0.2) is 59.0 Å². The highest BCUT2D eigenvalue weighted by molar-refractivity contribution is 5.89. The summed E-state index contributed by atoms with van der Waals surface area (Å²) in [6.45, 7) is 3.65. The Balaban J connectivity index is 1.44. The maximum absolute atomic E-state index is 12.9. The van der Waals surface area contributed by atoms with E-state index in [4.69, 9.17) is 0 Å². The van der Waals surface area contributed by atoms with Crippen molar-refractivity contribution in [2.45, 2.75) is 51.6 Å². The highest BCUT2D eigenvalue weighted by atomic mass is 16.2. The average molecular weight is 399 g/mol. The van der Waals surface area contributed by atoms with Gasteiger partial charge >= 0.3 is 0 Å². The highest BCUT2D eigenvalue weighted by Crippen LogP contribution is 2.24. The molecule has 0 aromatic heterocycles. The van der Waals surface area contributed by atoms with Crippen LogP contribution < -0.4 is 5.32 Å². The largest absolute Gasteiger partial charge is 0.353 e. The van der Waals surface area contributed by atoms with Crippen molar-refractivity contribution in [2.24, 2.45) is 5.92 Å². The summed E-state index contributed by atoms with van der Waals surface area (Å²) in [6.07, 6.45) is 2.15. The Morgan fingerprint density at radius 2 is 1.76 bits per heavy atom. The van der Waals surface area contributed by atoms with Crippen LogP contribution in [0.25, 0.3) is 0 Å². The third-order valence-corrected chi connectivity index (χ3v) is 5.66. The monoisotopic (exact) mass is 399 g/mol. The van der Waals surface area contributed by atoms with E-state index in [2.05, 4.69) is 5.32 Å². The molecule has 1 N–H and O–H groups in total. The van der Waals surface area contributed by atoms with E-state index in [9.17, 15) is 19.2 Å². The number of benzene rings is 1. The van der Waals surface area contributed by atoms with Crippen LogP contribution in [0.1, 0.15) is 44.6 Å². The smallest absolute Gasteiger partial charge is 0.227 e. The summed E-state index contributed by atoms with van der Waals surface area (Å²) in [5.74, 6) is -0.320. The molecular formula is C22H29N3O4. The fourth-order valence-electron chi connectivity index (χ4n) is 3.99. The molecule has 3 rings (SSSR count). The molecule has 3 amide bonds. The molecule has 1 atom stereocenters. The standard InChI is InChI=1S/C22H29N3O4/c1-16(26)7-8-20(27)23-19-9-11-24(12-10-19)22(29)18-13-21(28)25(15-18)14-17-5-3-2-4-6-17/h2-6,18-19H,7-15H2,1H3,(H,23,27). The van der Waals surface area contributed by atoms with Crippen molar-refractivity contribution < 1.29 is 19.2 Å². The summed E-state index contributed by atoms with van der Waals surface area (Å²) in [4.78, 5) is 51.7. The summed E-state index contributed by atoms with van der Waals surface area (Å²) in [6, 6.07) is 9.84. The van der Waals surface area contributed by atoms with Gasteiger partial charge in [-0.25, -0.2) is 0 Å². The SMILES string of the molecule is CC(=O)CCC(=O)NC1CCN(C(=O)C2CC(=O)N(Cc3ccccc3)C2)CC1. The predicted molar refractivity (Wildman–Crippen MR) is 108 cm³/mol. The number of nitrogens with zero attached hydrogens (tertiary/aromatic N) is 2. The number of carbonyl (C=O) groups excluding carboxylic acids is 4. The van der Waals surface area contributed by atoms with Gasteiger partial charge in [0.25, 0.3) is 0 Å². The van der Waals surface area contributed by atoms with Gasteiger partial charge in [0, 0.05) is 51.5 Å². The van der Waals surface area contributed by atoms with Gasteiger partial charge < -0.3 is 19.9 Å². The van der Waals surface area contributed by atoms with Gasteiger partial charge in [-0.05, 0) is 25.3 Å². The molecule has 0 radical (unpaired) electrons. The zero-order chi connectivity index (χ0) is 20.8. The number of likely N-dealkylation sites (tertiary alicyclic amines) is 2. The number of amides is 3. The van der Waals surface area contributed by atoms with Crippen LogP contribution in [0.15, 0.2) is 30.3 Å². The van der Waals surface area contributed by atoms with Gasteiger partial charge in [-0.2, -0.15) is 0 Å². The Hall–Kier alpha value is -2.70. The van der Waals surface area contributed by atoms with Crippen molar-refractivity contribution in [3.05, 3.63) is 35.9 Å². The summed E-state index contributed by atoms with van der Waals surface area (Å²) < 4.78 is 0. The molecule has 2 fully saturated rings. The first kappa shape index (κ1) is 21.0. The zero-order valence-electron chi connectivity index (χ0n) is 16.9. The topological polar surface area (TPSA) is 86.8 Å². The van der Waals surface area contributed by atoms with Crippen LogP contribution >= 0.6 is 0 Å². The van der Waals surface area contributed by atoms with Crippen molar-refractivity contribution in [3.63, 3.8) is 0 Å². The third kappa shape index (κ3) is 5.89. The molecule has 7 nitrogen and oxygen atoms in total. The second-order valence-electron chi connectivity index (χ2n) is 8.03. The Kier molecular flexibility index (Phi) is 7.01. The number of ketones is 1. The lowest BCUT2D eigenvalue weighted by Gasteiger charge is -2.33. The molecule has 7 heteroatoms. The number of hydrogen-bond acceptors (Lipinski definition) is 4. The first-order valence-electron chi connectivity index (χ1n) is 10.3. The zero-order valence-corrected chi connectivity index (χ0v) is 16.9. The van der Waals surface area contributed by atoms with Crippen molar-refractivity contribution in [3.8, 4) is 0 Å². The molecule has 0 saturated carbocycles. The molecule has 2 saturated heterocycles. The predicted octanol–water partition coefficient (Wildman–Crippen LogP) is 1.51. The van der Waals surface area contributed by atoms with Gasteiger partial charge in [0.05, 0.1) is 5.92 Å². The summed E-state index contributed by atoms with van der Waals surface area (Å²) in [7, 11) is 0. The van der Waals surface area contributed by atoms with Gasteiger partial charge in [0.15, 0.2) is 0 Å². The molecule has 156 valence electrons. The fraction of sp³-hybridized carbons (Fsp3) is 0.545. The van der Waals surface area contributed by atoms with Crippen molar-refractivity contribution in [1.82, 2.24) is 15.1 Å². The van der Waals surface area contributed by atoms with E-state index < -0.39 is 0 Å². The molecule has 1 unspecified atom stereocenters. The van der Waals surface area contributed by atoms with Gasteiger partial charge in [0.2, 0.25) is 17.7 Å². The molecule has 29 heavy (non-hydrogen) atoms. The number of rotatable bonds is 7. The number of hydrogen-bond donors (Lipinski definition) is 1. The van der Waals surface area contributed by atoms with E-state index >= 15 is 0 Å². The Morgan fingerprint density at radius 3 is 2.41 bits per heavy atom. The fourth-order valence-corrected chi connectivity index (χ4v) is 3.99. The van der Waals surface area contributed by atoms with Crippen molar-refractivity contribution in [2.75, 3.05) is 19.6 Å². The molecule has 0 aliphatic carbocycles. The van der Waals surface area contributed by atoms with E-state index in [0.29, 0.717) is 39.0 Å².